The number of hydrogen-bond donors (Lipinski definition) is 0. The highest BCUT2D eigenvalue weighted by Crippen LogP contribution is 2.47. The van der Waals surface area contributed by atoms with E-state index in [1.807, 2.05) is 12.1 Å². The molecule has 0 aromatic heterocycles. The van der Waals surface area contributed by atoms with Gasteiger partial charge in [-0.15, -0.1) is 0 Å². The zero-order valence-electron chi connectivity index (χ0n) is 8.10. The monoisotopic (exact) mass is 184 g/mol. The lowest BCUT2D eigenvalue weighted by molar-refractivity contribution is 0.155. The van der Waals surface area contributed by atoms with Crippen molar-refractivity contribution in [3.8, 4) is 5.75 Å². The second-order valence-electron chi connectivity index (χ2n) is 4.05. The van der Waals surface area contributed by atoms with Gasteiger partial charge < -0.3 is 4.74 Å². The number of allylic oxidation sites excluding steroid dienone is 2. The number of fused-ring (bicyclic) bond motifs is 3. The Morgan fingerprint density at radius 2 is 2.07 bits per heavy atom. The largest absolute Gasteiger partial charge is 0.482 e. The van der Waals surface area contributed by atoms with Gasteiger partial charge in [0.1, 0.15) is 11.4 Å². The number of rotatable bonds is 0. The van der Waals surface area contributed by atoms with Gasteiger partial charge in [-0.3, -0.25) is 0 Å². The molecule has 1 aromatic rings. The van der Waals surface area contributed by atoms with Crippen molar-refractivity contribution < 1.29 is 4.74 Å². The lowest BCUT2D eigenvalue weighted by Gasteiger charge is -2.27. The number of benzene rings is 1. The van der Waals surface area contributed by atoms with Gasteiger partial charge >= 0.3 is 0 Å². The van der Waals surface area contributed by atoms with Gasteiger partial charge in [-0.2, -0.15) is 0 Å². The van der Waals surface area contributed by atoms with E-state index in [1.165, 1.54) is 5.56 Å². The molecule has 0 fully saturated rings. The molecular formula is C13H12O. The molecule has 1 aliphatic heterocycles. The smallest absolute Gasteiger partial charge is 0.135 e. The lowest BCUT2D eigenvalue weighted by Crippen LogP contribution is -2.32. The maximum absolute atomic E-state index is 5.96. The predicted molar refractivity (Wildman–Crippen MR) is 56.5 cm³/mol. The molecule has 1 heteroatoms. The maximum atomic E-state index is 5.96. The van der Waals surface area contributed by atoms with Gasteiger partial charge in [0.15, 0.2) is 0 Å². The average molecular weight is 184 g/mol. The summed E-state index contributed by atoms with van der Waals surface area (Å²) in [6, 6.07) is 8.28. The Bertz CT molecular complexity index is 431. The summed E-state index contributed by atoms with van der Waals surface area (Å²) in [5.74, 6) is 1.40. The molecule has 0 amide bonds. The van der Waals surface area contributed by atoms with Crippen LogP contribution in [-0.2, 0) is 0 Å². The van der Waals surface area contributed by atoms with Crippen molar-refractivity contribution in [1.29, 1.82) is 0 Å². The fourth-order valence-electron chi connectivity index (χ4n) is 2.29. The summed E-state index contributed by atoms with van der Waals surface area (Å²) in [7, 11) is 0. The molecule has 1 heterocycles. The first-order valence-electron chi connectivity index (χ1n) is 4.93. The first-order chi connectivity index (χ1) is 6.80. The molecule has 70 valence electrons. The highest BCUT2D eigenvalue weighted by atomic mass is 16.5. The first-order valence-corrected chi connectivity index (χ1v) is 4.93. The summed E-state index contributed by atoms with van der Waals surface area (Å²) in [5, 5.41) is 0. The van der Waals surface area contributed by atoms with Crippen LogP contribution in [0.2, 0.25) is 0 Å². The highest BCUT2D eigenvalue weighted by Gasteiger charge is 2.41. The van der Waals surface area contributed by atoms with Crippen LogP contribution in [0.5, 0.6) is 5.75 Å². The Kier molecular flexibility index (Phi) is 1.41. The minimum Gasteiger partial charge on any atom is -0.482 e. The van der Waals surface area contributed by atoms with Crippen molar-refractivity contribution in [2.24, 2.45) is 0 Å². The second kappa shape index (κ2) is 2.50. The molecule has 2 atom stereocenters. The Balaban J connectivity index is 2.18. The van der Waals surface area contributed by atoms with Crippen molar-refractivity contribution in [1.82, 2.24) is 0 Å². The van der Waals surface area contributed by atoms with Crippen LogP contribution in [0.25, 0.3) is 0 Å². The standard InChI is InChI=1S/C13H12O/c1-13-9-5-4-7-11(13)10-6-2-3-8-12(10)14-13/h2-9,11H,1H3. The minimum absolute atomic E-state index is 0.168. The molecule has 0 bridgehead atoms. The summed E-state index contributed by atoms with van der Waals surface area (Å²) in [6.45, 7) is 2.14. The Morgan fingerprint density at radius 3 is 3.00 bits per heavy atom. The van der Waals surface area contributed by atoms with Crippen LogP contribution >= 0.6 is 0 Å². The molecule has 0 N–H and O–H groups in total. The number of hydrogen-bond acceptors (Lipinski definition) is 1. The molecular weight excluding hydrogens is 172 g/mol. The van der Waals surface area contributed by atoms with Crippen LogP contribution in [0.3, 0.4) is 0 Å². The summed E-state index contributed by atoms with van der Waals surface area (Å²) in [6.07, 6.45) is 8.50. The van der Waals surface area contributed by atoms with Crippen LogP contribution in [0, 0.1) is 0 Å². The topological polar surface area (TPSA) is 9.23 Å². The van der Waals surface area contributed by atoms with Gasteiger partial charge in [0.25, 0.3) is 0 Å². The molecule has 1 aliphatic carbocycles. The molecule has 0 saturated carbocycles. The van der Waals surface area contributed by atoms with Crippen molar-refractivity contribution in [3.05, 3.63) is 54.1 Å². The van der Waals surface area contributed by atoms with E-state index in [2.05, 4.69) is 43.4 Å². The minimum atomic E-state index is -0.168. The SMILES string of the molecule is CC12C=CC=CC1c1ccccc1O2. The number of ether oxygens (including phenoxy) is 1. The van der Waals surface area contributed by atoms with Crippen LogP contribution in [0.15, 0.2) is 48.6 Å². The van der Waals surface area contributed by atoms with Crippen molar-refractivity contribution >= 4 is 0 Å². The van der Waals surface area contributed by atoms with Crippen LogP contribution in [-0.4, -0.2) is 5.60 Å². The second-order valence-corrected chi connectivity index (χ2v) is 4.05. The summed E-state index contributed by atoms with van der Waals surface area (Å²) in [5.41, 5.74) is 1.13. The van der Waals surface area contributed by atoms with E-state index in [-0.39, 0.29) is 5.60 Å². The van der Waals surface area contributed by atoms with E-state index in [0.29, 0.717) is 5.92 Å². The Labute approximate surface area is 83.7 Å². The van der Waals surface area contributed by atoms with E-state index < -0.39 is 0 Å². The molecule has 0 saturated heterocycles. The van der Waals surface area contributed by atoms with Crippen LogP contribution in [0.4, 0.5) is 0 Å². The summed E-state index contributed by atoms with van der Waals surface area (Å²) in [4.78, 5) is 0. The first kappa shape index (κ1) is 7.86. The highest BCUT2D eigenvalue weighted by molar-refractivity contribution is 5.49. The molecule has 0 radical (unpaired) electrons. The molecule has 2 unspecified atom stereocenters. The third-order valence-corrected chi connectivity index (χ3v) is 3.04. The fraction of sp³-hybridized carbons (Fsp3) is 0.231. The van der Waals surface area contributed by atoms with Gasteiger partial charge in [0.05, 0.1) is 0 Å². The van der Waals surface area contributed by atoms with Gasteiger partial charge in [0, 0.05) is 11.5 Å². The molecule has 3 rings (SSSR count). The third-order valence-electron chi connectivity index (χ3n) is 3.04. The van der Waals surface area contributed by atoms with Gasteiger partial charge in [-0.05, 0) is 19.1 Å². The number of para-hydroxylation sites is 1. The van der Waals surface area contributed by atoms with Crippen molar-refractivity contribution in [2.75, 3.05) is 0 Å². The average Bonchev–Trinajstić information content (AvgIpc) is 2.49. The molecule has 2 aliphatic rings. The van der Waals surface area contributed by atoms with Crippen molar-refractivity contribution in [3.63, 3.8) is 0 Å². The van der Waals surface area contributed by atoms with E-state index in [0.717, 1.165) is 5.75 Å². The van der Waals surface area contributed by atoms with E-state index in [4.69, 9.17) is 4.74 Å². The zero-order chi connectivity index (χ0) is 9.60. The summed E-state index contributed by atoms with van der Waals surface area (Å²) < 4.78 is 5.96. The van der Waals surface area contributed by atoms with Gasteiger partial charge in [0.2, 0.25) is 0 Å². The molecule has 0 spiro atoms. The third kappa shape index (κ3) is 0.897. The fourth-order valence-corrected chi connectivity index (χ4v) is 2.29. The normalized spacial score (nSPS) is 32.2. The Hall–Kier alpha value is -1.50. The predicted octanol–water partition coefficient (Wildman–Crippen LogP) is 3.05. The van der Waals surface area contributed by atoms with Gasteiger partial charge in [-0.1, -0.05) is 36.4 Å². The van der Waals surface area contributed by atoms with E-state index >= 15 is 0 Å². The maximum Gasteiger partial charge on any atom is 0.135 e. The molecule has 14 heavy (non-hydrogen) atoms. The molecule has 1 nitrogen and oxygen atoms in total. The van der Waals surface area contributed by atoms with E-state index in [1.54, 1.807) is 0 Å². The van der Waals surface area contributed by atoms with Crippen molar-refractivity contribution in [2.45, 2.75) is 18.4 Å². The summed E-state index contributed by atoms with van der Waals surface area (Å²) >= 11 is 0. The van der Waals surface area contributed by atoms with Crippen LogP contribution in [0.1, 0.15) is 18.4 Å². The lowest BCUT2D eigenvalue weighted by atomic mass is 9.83. The van der Waals surface area contributed by atoms with Crippen LogP contribution < -0.4 is 4.74 Å². The quantitative estimate of drug-likeness (QED) is 0.602. The molecule has 1 aromatic carbocycles. The van der Waals surface area contributed by atoms with Gasteiger partial charge in [-0.25, -0.2) is 0 Å². The van der Waals surface area contributed by atoms with E-state index in [9.17, 15) is 0 Å². The zero-order valence-corrected chi connectivity index (χ0v) is 8.10. The Morgan fingerprint density at radius 1 is 1.21 bits per heavy atom.